The highest BCUT2D eigenvalue weighted by atomic mass is 32.2. The van der Waals surface area contributed by atoms with Crippen LogP contribution >= 0.6 is 0 Å². The normalized spacial score (nSPS) is 19.2. The number of sulfonamides is 1. The summed E-state index contributed by atoms with van der Waals surface area (Å²) in [5.41, 5.74) is 0.854. The van der Waals surface area contributed by atoms with Crippen molar-refractivity contribution >= 4 is 15.9 Å². The fraction of sp³-hybridized carbons (Fsp3) is 0.682. The van der Waals surface area contributed by atoms with Crippen molar-refractivity contribution in [3.05, 3.63) is 23.8 Å². The van der Waals surface area contributed by atoms with Crippen LogP contribution in [0.2, 0.25) is 0 Å². The van der Waals surface area contributed by atoms with E-state index in [9.17, 15) is 13.2 Å². The minimum absolute atomic E-state index is 0.0762. The molecule has 162 valence electrons. The number of amides is 1. The van der Waals surface area contributed by atoms with Gasteiger partial charge in [-0.3, -0.25) is 4.79 Å². The number of hydrogen-bond acceptors (Lipinski definition) is 4. The minimum Gasteiger partial charge on any atom is -0.495 e. The third-order valence-electron chi connectivity index (χ3n) is 6.14. The molecule has 6 nitrogen and oxygen atoms in total. The van der Waals surface area contributed by atoms with Gasteiger partial charge in [-0.15, -0.1) is 0 Å². The number of nitrogens with zero attached hydrogens (tertiary/aromatic N) is 2. The monoisotopic (exact) mass is 422 g/mol. The van der Waals surface area contributed by atoms with E-state index >= 15 is 0 Å². The first-order chi connectivity index (χ1) is 13.9. The van der Waals surface area contributed by atoms with Gasteiger partial charge in [0, 0.05) is 19.1 Å². The molecule has 0 radical (unpaired) electrons. The van der Waals surface area contributed by atoms with Gasteiger partial charge in [0.2, 0.25) is 15.9 Å². The molecular formula is C22H34N2O4S. The summed E-state index contributed by atoms with van der Waals surface area (Å²) in [5.74, 6) is 0.256. The van der Waals surface area contributed by atoms with Crippen molar-refractivity contribution in [1.29, 1.82) is 0 Å². The second-order valence-corrected chi connectivity index (χ2v) is 10.2. The van der Waals surface area contributed by atoms with Crippen LogP contribution in [0.3, 0.4) is 0 Å². The van der Waals surface area contributed by atoms with Crippen LogP contribution in [0.4, 0.5) is 0 Å². The average Bonchev–Trinajstić information content (AvgIpc) is 3.02. The van der Waals surface area contributed by atoms with Crippen LogP contribution in [0.1, 0.15) is 63.4 Å². The number of likely N-dealkylation sites (tertiary alicyclic amines) is 1. The first-order valence-corrected chi connectivity index (χ1v) is 12.3. The summed E-state index contributed by atoms with van der Waals surface area (Å²) in [5, 5.41) is 0. The summed E-state index contributed by atoms with van der Waals surface area (Å²) in [6, 6.07) is 5.05. The molecule has 29 heavy (non-hydrogen) atoms. The molecule has 7 heteroatoms. The summed E-state index contributed by atoms with van der Waals surface area (Å²) in [6.07, 6.45) is 8.99. The van der Waals surface area contributed by atoms with Crippen LogP contribution in [0.15, 0.2) is 23.1 Å². The Labute approximate surface area is 175 Å². The van der Waals surface area contributed by atoms with Gasteiger partial charge in [0.15, 0.2) is 0 Å². The van der Waals surface area contributed by atoms with Gasteiger partial charge in [0.25, 0.3) is 0 Å². The molecule has 1 saturated carbocycles. The molecule has 0 atom stereocenters. The van der Waals surface area contributed by atoms with Crippen molar-refractivity contribution in [2.45, 2.75) is 75.6 Å². The van der Waals surface area contributed by atoms with Gasteiger partial charge in [0.1, 0.15) is 10.6 Å². The van der Waals surface area contributed by atoms with Gasteiger partial charge in [-0.2, -0.15) is 4.31 Å². The van der Waals surface area contributed by atoms with E-state index in [1.54, 1.807) is 12.1 Å². The van der Waals surface area contributed by atoms with E-state index in [2.05, 4.69) is 0 Å². The largest absolute Gasteiger partial charge is 0.495 e. The molecule has 1 aliphatic heterocycles. The Hall–Kier alpha value is -1.60. The molecule has 1 aromatic carbocycles. The van der Waals surface area contributed by atoms with Gasteiger partial charge in [0.05, 0.1) is 13.7 Å². The molecule has 0 spiro atoms. The van der Waals surface area contributed by atoms with Gasteiger partial charge < -0.3 is 9.64 Å². The molecule has 2 aliphatic rings. The molecule has 0 aromatic heterocycles. The quantitative estimate of drug-likeness (QED) is 0.701. The van der Waals surface area contributed by atoms with E-state index < -0.39 is 10.0 Å². The summed E-state index contributed by atoms with van der Waals surface area (Å²) in [6.45, 7) is 3.24. The van der Waals surface area contributed by atoms with E-state index in [-0.39, 0.29) is 23.4 Å². The van der Waals surface area contributed by atoms with E-state index in [1.165, 1.54) is 11.4 Å². The van der Waals surface area contributed by atoms with Crippen molar-refractivity contribution < 1.29 is 17.9 Å². The van der Waals surface area contributed by atoms with Gasteiger partial charge >= 0.3 is 0 Å². The Morgan fingerprint density at radius 1 is 1.07 bits per heavy atom. The molecule has 0 bridgehead atoms. The lowest BCUT2D eigenvalue weighted by Gasteiger charge is -2.34. The smallest absolute Gasteiger partial charge is 0.247 e. The maximum Gasteiger partial charge on any atom is 0.247 e. The second kappa shape index (κ2) is 9.94. The molecule has 0 N–H and O–H groups in total. The maximum atomic E-state index is 13.7. The Morgan fingerprint density at radius 2 is 1.69 bits per heavy atom. The third-order valence-corrected chi connectivity index (χ3v) is 8.06. The highest BCUT2D eigenvalue weighted by Gasteiger charge is 2.36. The SMILES string of the molecule is COc1ccc(C)cc1S(=O)(=O)N(CC(=O)N1CCCCCC1)C1CCCCC1. The number of aryl methyl sites for hydroxylation is 1. The molecule has 3 rings (SSSR count). The Morgan fingerprint density at radius 3 is 2.31 bits per heavy atom. The average molecular weight is 423 g/mol. The van der Waals surface area contributed by atoms with E-state index in [4.69, 9.17) is 4.74 Å². The molecule has 1 aromatic rings. The summed E-state index contributed by atoms with van der Waals surface area (Å²) < 4.78 is 34.3. The summed E-state index contributed by atoms with van der Waals surface area (Å²) >= 11 is 0. The zero-order chi connectivity index (χ0) is 20.9. The number of benzene rings is 1. The number of carbonyl (C=O) groups is 1. The molecule has 1 saturated heterocycles. The van der Waals surface area contributed by atoms with Crippen molar-refractivity contribution in [2.24, 2.45) is 0 Å². The predicted octanol–water partition coefficient (Wildman–Crippen LogP) is 3.73. The van der Waals surface area contributed by atoms with Crippen molar-refractivity contribution in [2.75, 3.05) is 26.7 Å². The van der Waals surface area contributed by atoms with Gasteiger partial charge in [-0.05, 0) is 50.3 Å². The number of hydrogen-bond donors (Lipinski definition) is 0. The lowest BCUT2D eigenvalue weighted by Crippen LogP contribution is -2.48. The fourth-order valence-electron chi connectivity index (χ4n) is 4.44. The molecule has 1 heterocycles. The maximum absolute atomic E-state index is 13.7. The van der Waals surface area contributed by atoms with Crippen molar-refractivity contribution in [3.63, 3.8) is 0 Å². The number of ether oxygens (including phenoxy) is 1. The van der Waals surface area contributed by atoms with E-state index in [0.717, 1.165) is 76.4 Å². The standard InChI is InChI=1S/C22H34N2O4S/c1-18-12-13-20(28-2)21(16-18)29(26,27)24(19-10-6-5-7-11-19)17-22(25)23-14-8-3-4-9-15-23/h12-13,16,19H,3-11,14-15,17H2,1-2H3. The van der Waals surface area contributed by atoms with Crippen LogP contribution in [-0.4, -0.2) is 56.3 Å². The molecule has 0 unspecified atom stereocenters. The molecular weight excluding hydrogens is 388 g/mol. The molecule has 1 aliphatic carbocycles. The minimum atomic E-state index is -3.85. The van der Waals surface area contributed by atoms with Crippen molar-refractivity contribution in [3.8, 4) is 5.75 Å². The summed E-state index contributed by atoms with van der Waals surface area (Å²) in [4.78, 5) is 15.1. The van der Waals surface area contributed by atoms with Crippen LogP contribution in [0.5, 0.6) is 5.75 Å². The second-order valence-electron chi connectivity index (χ2n) is 8.29. The first kappa shape index (κ1) is 22.1. The fourth-order valence-corrected chi connectivity index (χ4v) is 6.32. The zero-order valence-electron chi connectivity index (χ0n) is 17.7. The molecule has 1 amide bonds. The Balaban J connectivity index is 1.92. The first-order valence-electron chi connectivity index (χ1n) is 10.9. The van der Waals surface area contributed by atoms with E-state index in [0.29, 0.717) is 5.75 Å². The topological polar surface area (TPSA) is 66.9 Å². The Bertz CT molecular complexity index is 795. The van der Waals surface area contributed by atoms with Gasteiger partial charge in [-0.1, -0.05) is 38.2 Å². The molecule has 2 fully saturated rings. The number of methoxy groups -OCH3 is 1. The van der Waals surface area contributed by atoms with Crippen LogP contribution in [0, 0.1) is 6.92 Å². The van der Waals surface area contributed by atoms with Crippen LogP contribution in [-0.2, 0) is 14.8 Å². The van der Waals surface area contributed by atoms with E-state index in [1.807, 2.05) is 17.9 Å². The zero-order valence-corrected chi connectivity index (χ0v) is 18.5. The summed E-state index contributed by atoms with van der Waals surface area (Å²) in [7, 11) is -2.36. The number of rotatable bonds is 6. The van der Waals surface area contributed by atoms with Crippen LogP contribution in [0.25, 0.3) is 0 Å². The highest BCUT2D eigenvalue weighted by molar-refractivity contribution is 7.89. The lowest BCUT2D eigenvalue weighted by atomic mass is 9.95. The van der Waals surface area contributed by atoms with Crippen molar-refractivity contribution in [1.82, 2.24) is 9.21 Å². The highest BCUT2D eigenvalue weighted by Crippen LogP contribution is 2.32. The van der Waals surface area contributed by atoms with Gasteiger partial charge in [-0.25, -0.2) is 8.42 Å². The predicted molar refractivity (Wildman–Crippen MR) is 114 cm³/mol. The van der Waals surface area contributed by atoms with Crippen LogP contribution < -0.4 is 4.74 Å². The number of carbonyl (C=O) groups excluding carboxylic acids is 1. The lowest BCUT2D eigenvalue weighted by molar-refractivity contribution is -0.131. The third kappa shape index (κ3) is 5.31. The Kier molecular flexibility index (Phi) is 7.57.